The number of halogens is 1. The Morgan fingerprint density at radius 3 is 2.59 bits per heavy atom. The fourth-order valence-corrected chi connectivity index (χ4v) is 3.53. The Balaban J connectivity index is 1.97. The molecule has 3 aromatic rings. The Hall–Kier alpha value is -3.10. The van der Waals surface area contributed by atoms with E-state index in [0.717, 1.165) is 28.8 Å². The van der Waals surface area contributed by atoms with Gasteiger partial charge in [0.1, 0.15) is 5.15 Å². The molecule has 0 N–H and O–H groups in total. The lowest BCUT2D eigenvalue weighted by Crippen LogP contribution is -2.10. The first-order valence-electron chi connectivity index (χ1n) is 9.49. The molecule has 0 fully saturated rings. The molecule has 0 aliphatic rings. The van der Waals surface area contributed by atoms with Crippen LogP contribution in [0.5, 0.6) is 0 Å². The van der Waals surface area contributed by atoms with E-state index in [1.54, 1.807) is 19.2 Å². The van der Waals surface area contributed by atoms with Crippen LogP contribution >= 0.6 is 11.6 Å². The maximum absolute atomic E-state index is 12.1. The van der Waals surface area contributed by atoms with Crippen molar-refractivity contribution in [2.24, 2.45) is 0 Å². The van der Waals surface area contributed by atoms with Crippen molar-refractivity contribution >= 4 is 17.6 Å². The molecule has 0 amide bonds. The summed E-state index contributed by atoms with van der Waals surface area (Å²) in [6.07, 6.45) is 2.55. The Morgan fingerprint density at radius 1 is 1.24 bits per heavy atom. The van der Waals surface area contributed by atoms with Crippen molar-refractivity contribution in [3.05, 3.63) is 75.8 Å². The van der Waals surface area contributed by atoms with E-state index >= 15 is 0 Å². The molecule has 0 aliphatic heterocycles. The van der Waals surface area contributed by atoms with Crippen LogP contribution in [0.3, 0.4) is 0 Å². The molecule has 29 heavy (non-hydrogen) atoms. The van der Waals surface area contributed by atoms with E-state index in [9.17, 15) is 4.79 Å². The van der Waals surface area contributed by atoms with E-state index < -0.39 is 5.97 Å². The van der Waals surface area contributed by atoms with E-state index in [4.69, 9.17) is 21.6 Å². The predicted molar refractivity (Wildman–Crippen MR) is 113 cm³/mol. The molecule has 0 atom stereocenters. The molecule has 5 nitrogen and oxygen atoms in total. The van der Waals surface area contributed by atoms with Crippen LogP contribution in [0.1, 0.15) is 46.7 Å². The van der Waals surface area contributed by atoms with E-state index in [2.05, 4.69) is 35.5 Å². The maximum Gasteiger partial charge on any atom is 0.341 e. The zero-order valence-corrected chi connectivity index (χ0v) is 17.5. The molecule has 0 saturated carbocycles. The number of ether oxygens (including phenoxy) is 1. The van der Waals surface area contributed by atoms with Crippen molar-refractivity contribution in [2.45, 2.75) is 33.7 Å². The van der Waals surface area contributed by atoms with Crippen molar-refractivity contribution < 1.29 is 9.53 Å². The number of nitriles is 1. The van der Waals surface area contributed by atoms with Gasteiger partial charge in [-0.1, -0.05) is 30.7 Å². The fourth-order valence-electron chi connectivity index (χ4n) is 3.35. The lowest BCUT2D eigenvalue weighted by atomic mass is 10.0. The Kier molecular flexibility index (Phi) is 6.36. The van der Waals surface area contributed by atoms with Crippen LogP contribution in [0, 0.1) is 18.3 Å². The van der Waals surface area contributed by atoms with Gasteiger partial charge in [0.2, 0.25) is 0 Å². The molecule has 2 heterocycles. The average Bonchev–Trinajstić information content (AvgIpc) is 3.05. The fraction of sp³-hybridized carbons (Fsp3) is 0.261. The van der Waals surface area contributed by atoms with Crippen molar-refractivity contribution in [3.8, 4) is 17.2 Å². The number of pyridine rings is 1. The molecular formula is C23H22ClN3O2. The van der Waals surface area contributed by atoms with Gasteiger partial charge >= 0.3 is 5.97 Å². The number of aromatic nitrogens is 2. The van der Waals surface area contributed by atoms with Crippen molar-refractivity contribution in [1.29, 1.82) is 5.26 Å². The van der Waals surface area contributed by atoms with Crippen molar-refractivity contribution in [1.82, 2.24) is 9.55 Å². The summed E-state index contributed by atoms with van der Waals surface area (Å²) in [5.74, 6) is -0.468. The molecule has 3 rings (SSSR count). The third-order valence-electron chi connectivity index (χ3n) is 4.87. The molecule has 0 unspecified atom stereocenters. The highest BCUT2D eigenvalue weighted by Crippen LogP contribution is 2.29. The van der Waals surface area contributed by atoms with E-state index in [-0.39, 0.29) is 17.3 Å². The lowest BCUT2D eigenvalue weighted by molar-refractivity contribution is 0.0526. The minimum atomic E-state index is -0.468. The molecule has 0 bridgehead atoms. The summed E-state index contributed by atoms with van der Waals surface area (Å²) in [6.45, 7) is 6.79. The normalized spacial score (nSPS) is 10.6. The SMILES string of the molecule is CCOC(=O)c1cc(Cn2c(CC)cc(-c3ccc(C#N)cc3)c2C)cnc1Cl. The number of rotatable bonds is 6. The first-order valence-corrected chi connectivity index (χ1v) is 9.87. The minimum absolute atomic E-state index is 0.144. The zero-order chi connectivity index (χ0) is 21.0. The number of carbonyl (C=O) groups excluding carboxylic acids is 1. The third kappa shape index (κ3) is 4.33. The van der Waals surface area contributed by atoms with Crippen LogP contribution in [0.2, 0.25) is 5.15 Å². The third-order valence-corrected chi connectivity index (χ3v) is 5.17. The smallest absolute Gasteiger partial charge is 0.341 e. The van der Waals surface area contributed by atoms with Gasteiger partial charge in [-0.15, -0.1) is 0 Å². The van der Waals surface area contributed by atoms with E-state index in [1.165, 1.54) is 5.69 Å². The van der Waals surface area contributed by atoms with E-state index in [0.29, 0.717) is 12.1 Å². The molecular weight excluding hydrogens is 386 g/mol. The van der Waals surface area contributed by atoms with Crippen LogP contribution in [0.25, 0.3) is 11.1 Å². The summed E-state index contributed by atoms with van der Waals surface area (Å²) in [5.41, 5.74) is 6.27. The molecule has 0 saturated heterocycles. The van der Waals surface area contributed by atoms with Crippen molar-refractivity contribution in [3.63, 3.8) is 0 Å². The summed E-state index contributed by atoms with van der Waals surface area (Å²) >= 11 is 6.09. The number of esters is 1. The number of carbonyl (C=O) groups is 1. The second-order valence-corrected chi connectivity index (χ2v) is 7.02. The highest BCUT2D eigenvalue weighted by Gasteiger charge is 2.16. The number of hydrogen-bond donors (Lipinski definition) is 0. The standard InChI is InChI=1S/C23H22ClN3O2/c1-4-19-11-20(18-8-6-16(12-25)7-9-18)15(3)27(19)14-17-10-21(22(24)26-13-17)23(28)29-5-2/h6-11,13H,4-5,14H2,1-3H3. The van der Waals surface area contributed by atoms with Crippen LogP contribution in [0.4, 0.5) is 0 Å². The zero-order valence-electron chi connectivity index (χ0n) is 16.7. The van der Waals surface area contributed by atoms with Gasteiger partial charge in [-0.2, -0.15) is 5.26 Å². The van der Waals surface area contributed by atoms with E-state index in [1.807, 2.05) is 24.3 Å². The van der Waals surface area contributed by atoms with Gasteiger partial charge in [0.15, 0.2) is 0 Å². The second kappa shape index (κ2) is 8.93. The summed E-state index contributed by atoms with van der Waals surface area (Å²) in [4.78, 5) is 16.3. The van der Waals surface area contributed by atoms with Gasteiger partial charge in [0, 0.05) is 29.7 Å². The number of aryl methyl sites for hydroxylation is 1. The summed E-state index contributed by atoms with van der Waals surface area (Å²) in [6, 6.07) is 13.6. The van der Waals surface area contributed by atoms with Crippen LogP contribution in [-0.4, -0.2) is 22.1 Å². The monoisotopic (exact) mass is 407 g/mol. The van der Waals surface area contributed by atoms with Crippen LogP contribution in [-0.2, 0) is 17.7 Å². The molecule has 148 valence electrons. The Bertz CT molecular complexity index is 1080. The van der Waals surface area contributed by atoms with Gasteiger partial charge in [0.05, 0.1) is 23.8 Å². The topological polar surface area (TPSA) is 67.9 Å². The van der Waals surface area contributed by atoms with Crippen LogP contribution < -0.4 is 0 Å². The quantitative estimate of drug-likeness (QED) is 0.417. The highest BCUT2D eigenvalue weighted by molar-refractivity contribution is 6.32. The summed E-state index contributed by atoms with van der Waals surface area (Å²) in [5, 5.41) is 9.16. The molecule has 6 heteroatoms. The second-order valence-electron chi connectivity index (χ2n) is 6.67. The molecule has 0 radical (unpaired) electrons. The number of nitrogens with zero attached hydrogens (tertiary/aromatic N) is 3. The van der Waals surface area contributed by atoms with Crippen molar-refractivity contribution in [2.75, 3.05) is 6.61 Å². The van der Waals surface area contributed by atoms with Gasteiger partial charge in [0.25, 0.3) is 0 Å². The first kappa shape index (κ1) is 20.6. The van der Waals surface area contributed by atoms with Gasteiger partial charge in [-0.05, 0) is 55.7 Å². The Labute approximate surface area is 175 Å². The number of benzene rings is 1. The first-order chi connectivity index (χ1) is 14.0. The lowest BCUT2D eigenvalue weighted by Gasteiger charge is -2.13. The highest BCUT2D eigenvalue weighted by atomic mass is 35.5. The maximum atomic E-state index is 12.1. The minimum Gasteiger partial charge on any atom is -0.462 e. The van der Waals surface area contributed by atoms with Crippen LogP contribution in [0.15, 0.2) is 42.6 Å². The molecule has 0 spiro atoms. The molecule has 2 aromatic heterocycles. The Morgan fingerprint density at radius 2 is 1.97 bits per heavy atom. The van der Waals surface area contributed by atoms with Gasteiger partial charge < -0.3 is 9.30 Å². The van der Waals surface area contributed by atoms with Gasteiger partial charge in [-0.25, -0.2) is 9.78 Å². The summed E-state index contributed by atoms with van der Waals surface area (Å²) in [7, 11) is 0. The average molecular weight is 408 g/mol. The van der Waals surface area contributed by atoms with Gasteiger partial charge in [-0.3, -0.25) is 0 Å². The summed E-state index contributed by atoms with van der Waals surface area (Å²) < 4.78 is 7.29. The predicted octanol–water partition coefficient (Wildman–Crippen LogP) is 5.17. The molecule has 0 aliphatic carbocycles. The molecule has 1 aromatic carbocycles. The number of hydrogen-bond acceptors (Lipinski definition) is 4. The largest absolute Gasteiger partial charge is 0.462 e.